The fourth-order valence-corrected chi connectivity index (χ4v) is 3.81. The summed E-state index contributed by atoms with van der Waals surface area (Å²) in [5, 5.41) is 2.62. The zero-order valence-corrected chi connectivity index (χ0v) is 17.0. The maximum absolute atomic E-state index is 12.4. The van der Waals surface area contributed by atoms with Crippen LogP contribution in [-0.4, -0.2) is 64.6 Å². The van der Waals surface area contributed by atoms with Crippen LogP contribution >= 0.6 is 11.3 Å². The summed E-state index contributed by atoms with van der Waals surface area (Å²) in [6, 6.07) is 9.09. The highest BCUT2D eigenvalue weighted by Crippen LogP contribution is 2.26. The van der Waals surface area contributed by atoms with Crippen molar-refractivity contribution >= 4 is 45.5 Å². The lowest BCUT2D eigenvalue weighted by Crippen LogP contribution is -2.52. The van der Waals surface area contributed by atoms with Gasteiger partial charge in [0, 0.05) is 26.2 Å². The molecule has 1 aromatic carbocycles. The summed E-state index contributed by atoms with van der Waals surface area (Å²) in [5.74, 6) is 0.410. The first-order chi connectivity index (χ1) is 14.6. The number of amides is 2. The van der Waals surface area contributed by atoms with Crippen molar-refractivity contribution in [3.05, 3.63) is 41.4 Å². The number of hydrogen-bond acceptors (Lipinski definition) is 9. The van der Waals surface area contributed by atoms with Crippen molar-refractivity contribution < 1.29 is 14.3 Å². The number of fused-ring (bicyclic) bond motifs is 1. The first-order valence-corrected chi connectivity index (χ1v) is 10.3. The highest BCUT2D eigenvalue weighted by molar-refractivity contribution is 7.16. The van der Waals surface area contributed by atoms with Crippen LogP contribution in [-0.2, 0) is 16.1 Å². The van der Waals surface area contributed by atoms with Crippen LogP contribution in [0.2, 0.25) is 0 Å². The highest BCUT2D eigenvalue weighted by atomic mass is 32.1. The van der Waals surface area contributed by atoms with Gasteiger partial charge in [-0.15, -0.1) is 11.3 Å². The van der Waals surface area contributed by atoms with E-state index in [2.05, 4.69) is 20.3 Å². The summed E-state index contributed by atoms with van der Waals surface area (Å²) in [6.45, 7) is 2.14. The monoisotopic (exact) mass is 427 g/mol. The lowest BCUT2D eigenvalue weighted by molar-refractivity contribution is -0.143. The molecule has 0 spiro atoms. The average Bonchev–Trinajstić information content (AvgIpc) is 3.24. The summed E-state index contributed by atoms with van der Waals surface area (Å²) in [5.41, 5.74) is 9.13. The smallest absolute Gasteiger partial charge is 0.325 e. The van der Waals surface area contributed by atoms with E-state index in [0.29, 0.717) is 37.5 Å². The van der Waals surface area contributed by atoms with Crippen molar-refractivity contribution in [2.45, 2.75) is 6.61 Å². The predicted octanol–water partition coefficient (Wildman–Crippen LogP) is 1.24. The van der Waals surface area contributed by atoms with Crippen LogP contribution in [0.15, 0.2) is 35.8 Å². The molecule has 0 aliphatic carbocycles. The number of urea groups is 1. The van der Waals surface area contributed by atoms with E-state index in [-0.39, 0.29) is 25.1 Å². The van der Waals surface area contributed by atoms with Gasteiger partial charge in [-0.3, -0.25) is 4.79 Å². The minimum Gasteiger partial charge on any atom is -0.460 e. The normalized spacial score (nSPS) is 14.0. The third-order valence-corrected chi connectivity index (χ3v) is 5.41. The third-order valence-electron chi connectivity index (χ3n) is 4.69. The molecule has 10 nitrogen and oxygen atoms in total. The Hall–Kier alpha value is -3.47. The number of thiazole rings is 1. The fourth-order valence-electron chi connectivity index (χ4n) is 3.15. The number of nitrogens with two attached hydrogens (primary N) is 1. The van der Waals surface area contributed by atoms with Crippen LogP contribution in [0.5, 0.6) is 0 Å². The summed E-state index contributed by atoms with van der Waals surface area (Å²) >= 11 is 1.41. The highest BCUT2D eigenvalue weighted by Gasteiger charge is 2.24. The Morgan fingerprint density at radius 2 is 1.90 bits per heavy atom. The topological polar surface area (TPSA) is 127 Å². The first kappa shape index (κ1) is 19.8. The molecular weight excluding hydrogens is 406 g/mol. The molecule has 156 valence electrons. The quantitative estimate of drug-likeness (QED) is 0.583. The number of carbonyl (C=O) groups is 2. The van der Waals surface area contributed by atoms with Gasteiger partial charge in [0.05, 0.1) is 5.51 Å². The molecule has 1 aliphatic heterocycles. The molecule has 0 atom stereocenters. The summed E-state index contributed by atoms with van der Waals surface area (Å²) < 4.78 is 5.17. The van der Waals surface area contributed by atoms with Gasteiger partial charge in [0.25, 0.3) is 0 Å². The van der Waals surface area contributed by atoms with E-state index in [1.54, 1.807) is 10.4 Å². The van der Waals surface area contributed by atoms with Gasteiger partial charge in [-0.2, -0.15) is 4.98 Å². The molecule has 4 rings (SSSR count). The number of piperazine rings is 1. The Morgan fingerprint density at radius 3 is 2.67 bits per heavy atom. The van der Waals surface area contributed by atoms with Crippen LogP contribution < -0.4 is 16.0 Å². The van der Waals surface area contributed by atoms with E-state index >= 15 is 0 Å². The molecule has 2 amide bonds. The summed E-state index contributed by atoms with van der Waals surface area (Å²) in [4.78, 5) is 41.5. The SMILES string of the molecule is Nc1nc(N2CCN(C(=O)NCC(=O)OCc3ccccc3)CC2)c2ncsc2n1. The molecule has 3 N–H and O–H groups in total. The van der Waals surface area contributed by atoms with Crippen molar-refractivity contribution in [1.82, 2.24) is 25.2 Å². The van der Waals surface area contributed by atoms with Crippen LogP contribution in [0.1, 0.15) is 5.56 Å². The molecule has 3 heterocycles. The number of nitrogens with zero attached hydrogens (tertiary/aromatic N) is 5. The zero-order chi connectivity index (χ0) is 20.9. The van der Waals surface area contributed by atoms with Crippen LogP contribution in [0.3, 0.4) is 0 Å². The molecule has 1 fully saturated rings. The number of nitrogens with one attached hydrogen (secondary N) is 1. The third kappa shape index (κ3) is 4.57. The van der Waals surface area contributed by atoms with Gasteiger partial charge in [0.1, 0.15) is 18.7 Å². The van der Waals surface area contributed by atoms with E-state index in [1.165, 1.54) is 11.3 Å². The Morgan fingerprint density at radius 1 is 1.13 bits per heavy atom. The minimum atomic E-state index is -0.478. The number of benzene rings is 1. The van der Waals surface area contributed by atoms with E-state index in [0.717, 1.165) is 10.4 Å². The molecule has 0 saturated carbocycles. The van der Waals surface area contributed by atoms with E-state index in [1.807, 2.05) is 35.2 Å². The average molecular weight is 427 g/mol. The summed E-state index contributed by atoms with van der Waals surface area (Å²) in [7, 11) is 0. The molecule has 1 aliphatic rings. The molecule has 30 heavy (non-hydrogen) atoms. The Labute approximate surface area is 176 Å². The fraction of sp³-hybridized carbons (Fsp3) is 0.316. The Balaban J connectivity index is 1.25. The van der Waals surface area contributed by atoms with Crippen LogP contribution in [0.4, 0.5) is 16.6 Å². The van der Waals surface area contributed by atoms with Gasteiger partial charge in [-0.05, 0) is 5.56 Å². The second kappa shape index (κ2) is 8.91. The van der Waals surface area contributed by atoms with Crippen LogP contribution in [0, 0.1) is 0 Å². The largest absolute Gasteiger partial charge is 0.460 e. The molecule has 0 unspecified atom stereocenters. The number of anilines is 2. The number of ether oxygens (including phenoxy) is 1. The van der Waals surface area contributed by atoms with Crippen molar-refractivity contribution in [3.63, 3.8) is 0 Å². The number of esters is 1. The van der Waals surface area contributed by atoms with Crippen LogP contribution in [0.25, 0.3) is 10.3 Å². The van der Waals surface area contributed by atoms with Gasteiger partial charge in [0.2, 0.25) is 5.95 Å². The van der Waals surface area contributed by atoms with Crippen molar-refractivity contribution in [3.8, 4) is 0 Å². The van der Waals surface area contributed by atoms with Gasteiger partial charge >= 0.3 is 12.0 Å². The van der Waals surface area contributed by atoms with E-state index in [4.69, 9.17) is 10.5 Å². The number of carbonyl (C=O) groups excluding carboxylic acids is 2. The van der Waals surface area contributed by atoms with Crippen molar-refractivity contribution in [1.29, 1.82) is 0 Å². The Bertz CT molecular complexity index is 1040. The molecule has 0 radical (unpaired) electrons. The molecule has 1 saturated heterocycles. The van der Waals surface area contributed by atoms with E-state index in [9.17, 15) is 9.59 Å². The van der Waals surface area contributed by atoms with Crippen molar-refractivity contribution in [2.75, 3.05) is 43.4 Å². The maximum Gasteiger partial charge on any atom is 0.325 e. The first-order valence-electron chi connectivity index (χ1n) is 9.44. The number of hydrogen-bond donors (Lipinski definition) is 2. The number of rotatable bonds is 5. The lowest BCUT2D eigenvalue weighted by Gasteiger charge is -2.35. The van der Waals surface area contributed by atoms with E-state index < -0.39 is 5.97 Å². The maximum atomic E-state index is 12.4. The zero-order valence-electron chi connectivity index (χ0n) is 16.2. The van der Waals surface area contributed by atoms with Gasteiger partial charge in [-0.25, -0.2) is 14.8 Å². The second-order valence-electron chi connectivity index (χ2n) is 6.69. The standard InChI is InChI=1S/C19H21N7O3S/c20-18-23-16(15-17(24-18)30-12-22-15)25-6-8-26(9-7-25)19(28)21-10-14(27)29-11-13-4-2-1-3-5-13/h1-5,12H,6-11H2,(H,21,28)(H2,20,23,24). The lowest BCUT2D eigenvalue weighted by atomic mass is 10.2. The molecule has 2 aromatic heterocycles. The Kier molecular flexibility index (Phi) is 5.89. The molecule has 11 heteroatoms. The second-order valence-corrected chi connectivity index (χ2v) is 7.52. The predicted molar refractivity (Wildman–Crippen MR) is 113 cm³/mol. The molecular formula is C19H21N7O3S. The summed E-state index contributed by atoms with van der Waals surface area (Å²) in [6.07, 6.45) is 0. The van der Waals surface area contributed by atoms with Gasteiger partial charge in [0.15, 0.2) is 10.6 Å². The minimum absolute atomic E-state index is 0.173. The van der Waals surface area contributed by atoms with Gasteiger partial charge < -0.3 is 25.6 Å². The molecule has 3 aromatic rings. The number of aromatic nitrogens is 3. The van der Waals surface area contributed by atoms with Crippen molar-refractivity contribution in [2.24, 2.45) is 0 Å². The molecule has 0 bridgehead atoms. The number of nitrogen functional groups attached to an aromatic ring is 1. The van der Waals surface area contributed by atoms with Gasteiger partial charge in [-0.1, -0.05) is 30.3 Å².